The summed E-state index contributed by atoms with van der Waals surface area (Å²) in [6.07, 6.45) is 4.85. The third kappa shape index (κ3) is 4.18. The summed E-state index contributed by atoms with van der Waals surface area (Å²) in [6.45, 7) is 4.15. The second-order valence-corrected chi connectivity index (χ2v) is 6.36. The molecule has 0 spiro atoms. The van der Waals surface area contributed by atoms with Crippen LogP contribution in [-0.2, 0) is 12.8 Å². The third-order valence-electron chi connectivity index (χ3n) is 4.56. The molecule has 28 heavy (non-hydrogen) atoms. The molecule has 140 valence electrons. The number of carbonyl (C=O) groups excluding carboxylic acids is 1. The summed E-state index contributed by atoms with van der Waals surface area (Å²) in [5.41, 5.74) is 5.40. The fourth-order valence-electron chi connectivity index (χ4n) is 3.07. The van der Waals surface area contributed by atoms with E-state index in [9.17, 15) is 10.1 Å². The topological polar surface area (TPSA) is 77.8 Å². The number of carbonyl (C=O) groups is 1. The molecular formula is C23H22N4O. The number of para-hydroxylation sites is 2. The van der Waals surface area contributed by atoms with E-state index in [0.717, 1.165) is 29.7 Å². The Bertz CT molecular complexity index is 1010. The Balaban J connectivity index is 1.85. The highest BCUT2D eigenvalue weighted by Gasteiger charge is 2.13. The van der Waals surface area contributed by atoms with Crippen LogP contribution in [0.15, 0.2) is 60.9 Å². The number of aryl methyl sites for hydroxylation is 2. The van der Waals surface area contributed by atoms with E-state index in [1.165, 1.54) is 6.20 Å². The zero-order valence-electron chi connectivity index (χ0n) is 16.0. The van der Waals surface area contributed by atoms with Gasteiger partial charge in [0.15, 0.2) is 0 Å². The van der Waals surface area contributed by atoms with Crippen molar-refractivity contribution in [2.24, 2.45) is 0 Å². The number of anilines is 3. The van der Waals surface area contributed by atoms with Crippen LogP contribution in [0.3, 0.4) is 0 Å². The summed E-state index contributed by atoms with van der Waals surface area (Å²) in [5.74, 6) is -0.208. The Morgan fingerprint density at radius 1 is 1.04 bits per heavy atom. The largest absolute Gasteiger partial charge is 0.353 e. The highest BCUT2D eigenvalue weighted by molar-refractivity contribution is 6.05. The average Bonchev–Trinajstić information content (AvgIpc) is 2.74. The summed E-state index contributed by atoms with van der Waals surface area (Å²) < 4.78 is 0. The number of nitrogens with one attached hydrogen (secondary N) is 2. The fourth-order valence-corrected chi connectivity index (χ4v) is 3.07. The van der Waals surface area contributed by atoms with Gasteiger partial charge in [0, 0.05) is 11.9 Å². The molecule has 5 heteroatoms. The maximum atomic E-state index is 12.8. The van der Waals surface area contributed by atoms with Gasteiger partial charge in [-0.15, -0.1) is 0 Å². The molecule has 3 aromatic rings. The third-order valence-corrected chi connectivity index (χ3v) is 4.56. The predicted molar refractivity (Wildman–Crippen MR) is 112 cm³/mol. The maximum absolute atomic E-state index is 12.8. The summed E-state index contributed by atoms with van der Waals surface area (Å²) in [4.78, 5) is 17.0. The van der Waals surface area contributed by atoms with Crippen molar-refractivity contribution in [1.29, 1.82) is 5.26 Å². The van der Waals surface area contributed by atoms with Crippen molar-refractivity contribution in [1.82, 2.24) is 4.98 Å². The Morgan fingerprint density at radius 3 is 2.43 bits per heavy atom. The van der Waals surface area contributed by atoms with Gasteiger partial charge < -0.3 is 10.6 Å². The van der Waals surface area contributed by atoms with Crippen LogP contribution in [0.4, 0.5) is 17.1 Å². The minimum atomic E-state index is -0.208. The summed E-state index contributed by atoms with van der Waals surface area (Å²) in [5, 5.41) is 15.4. The molecule has 1 aromatic heterocycles. The van der Waals surface area contributed by atoms with Gasteiger partial charge in [-0.25, -0.2) is 0 Å². The number of rotatable bonds is 6. The van der Waals surface area contributed by atoms with E-state index in [2.05, 4.69) is 35.5 Å². The van der Waals surface area contributed by atoms with Crippen LogP contribution in [0.5, 0.6) is 0 Å². The number of hydrogen-bond donors (Lipinski definition) is 2. The van der Waals surface area contributed by atoms with E-state index < -0.39 is 0 Å². The van der Waals surface area contributed by atoms with E-state index in [1.807, 2.05) is 36.4 Å². The molecule has 3 rings (SSSR count). The van der Waals surface area contributed by atoms with Crippen LogP contribution in [-0.4, -0.2) is 10.9 Å². The molecule has 1 amide bonds. The van der Waals surface area contributed by atoms with Gasteiger partial charge in [-0.3, -0.25) is 9.78 Å². The van der Waals surface area contributed by atoms with Crippen molar-refractivity contribution in [3.05, 3.63) is 83.2 Å². The van der Waals surface area contributed by atoms with Crippen molar-refractivity contribution >= 4 is 23.0 Å². The SMILES string of the molecule is CCc1cccc(CC)c1NC(=O)c1cncc(Nc2ccccc2C#N)c1. The lowest BCUT2D eigenvalue weighted by Gasteiger charge is -2.15. The molecule has 0 saturated carbocycles. The van der Waals surface area contributed by atoms with Crippen LogP contribution in [0.25, 0.3) is 0 Å². The zero-order chi connectivity index (χ0) is 19.9. The minimum Gasteiger partial charge on any atom is -0.353 e. The van der Waals surface area contributed by atoms with E-state index in [-0.39, 0.29) is 5.91 Å². The fraction of sp³-hybridized carbons (Fsp3) is 0.174. The van der Waals surface area contributed by atoms with Crippen LogP contribution in [0.1, 0.15) is 40.9 Å². The van der Waals surface area contributed by atoms with Gasteiger partial charge in [0.2, 0.25) is 0 Å². The summed E-state index contributed by atoms with van der Waals surface area (Å²) in [7, 11) is 0. The van der Waals surface area contributed by atoms with E-state index in [1.54, 1.807) is 18.3 Å². The molecule has 5 nitrogen and oxygen atoms in total. The predicted octanol–water partition coefficient (Wildman–Crippen LogP) is 5.07. The van der Waals surface area contributed by atoms with Crippen LogP contribution >= 0.6 is 0 Å². The van der Waals surface area contributed by atoms with Gasteiger partial charge in [-0.05, 0) is 42.2 Å². The first-order valence-corrected chi connectivity index (χ1v) is 9.29. The minimum absolute atomic E-state index is 0.208. The Labute approximate surface area is 165 Å². The number of aromatic nitrogens is 1. The van der Waals surface area contributed by atoms with Gasteiger partial charge in [0.05, 0.1) is 28.7 Å². The number of amides is 1. The first-order valence-electron chi connectivity index (χ1n) is 9.29. The second-order valence-electron chi connectivity index (χ2n) is 6.36. The van der Waals surface area contributed by atoms with Gasteiger partial charge >= 0.3 is 0 Å². The molecule has 0 saturated heterocycles. The van der Waals surface area contributed by atoms with Crippen molar-refractivity contribution < 1.29 is 4.79 Å². The quantitative estimate of drug-likeness (QED) is 0.635. The molecule has 0 aliphatic heterocycles. The van der Waals surface area contributed by atoms with Crippen molar-refractivity contribution in [2.45, 2.75) is 26.7 Å². The number of pyridine rings is 1. The molecule has 0 fully saturated rings. The van der Waals surface area contributed by atoms with Gasteiger partial charge in [0.25, 0.3) is 5.91 Å². The first-order chi connectivity index (χ1) is 13.7. The molecule has 0 bridgehead atoms. The average molecular weight is 370 g/mol. The molecule has 2 aromatic carbocycles. The highest BCUT2D eigenvalue weighted by Crippen LogP contribution is 2.24. The van der Waals surface area contributed by atoms with E-state index in [0.29, 0.717) is 22.5 Å². The number of nitriles is 1. The van der Waals surface area contributed by atoms with E-state index in [4.69, 9.17) is 0 Å². The monoisotopic (exact) mass is 370 g/mol. The lowest BCUT2D eigenvalue weighted by molar-refractivity contribution is 0.102. The molecule has 2 N–H and O–H groups in total. The Hall–Kier alpha value is -3.65. The molecule has 0 unspecified atom stereocenters. The van der Waals surface area contributed by atoms with Gasteiger partial charge in [-0.1, -0.05) is 44.2 Å². The molecule has 1 heterocycles. The lowest BCUT2D eigenvalue weighted by Crippen LogP contribution is -2.15. The number of hydrogen-bond acceptors (Lipinski definition) is 4. The number of benzene rings is 2. The summed E-state index contributed by atoms with van der Waals surface area (Å²) >= 11 is 0. The van der Waals surface area contributed by atoms with Crippen molar-refractivity contribution in [3.8, 4) is 6.07 Å². The van der Waals surface area contributed by atoms with Crippen molar-refractivity contribution in [3.63, 3.8) is 0 Å². The normalized spacial score (nSPS) is 10.2. The Morgan fingerprint density at radius 2 is 1.75 bits per heavy atom. The zero-order valence-corrected chi connectivity index (χ0v) is 16.0. The van der Waals surface area contributed by atoms with Gasteiger partial charge in [-0.2, -0.15) is 5.26 Å². The van der Waals surface area contributed by atoms with Crippen LogP contribution < -0.4 is 10.6 Å². The van der Waals surface area contributed by atoms with Gasteiger partial charge in [0.1, 0.15) is 6.07 Å². The first kappa shape index (κ1) is 19.1. The molecule has 0 radical (unpaired) electrons. The van der Waals surface area contributed by atoms with Crippen molar-refractivity contribution in [2.75, 3.05) is 10.6 Å². The molecule has 0 aliphatic rings. The van der Waals surface area contributed by atoms with Crippen LogP contribution in [0, 0.1) is 11.3 Å². The maximum Gasteiger partial charge on any atom is 0.257 e. The molecule has 0 atom stereocenters. The smallest absolute Gasteiger partial charge is 0.257 e. The lowest BCUT2D eigenvalue weighted by atomic mass is 10.0. The van der Waals surface area contributed by atoms with E-state index >= 15 is 0 Å². The standard InChI is InChI=1S/C23H22N4O/c1-3-16-9-7-10-17(4-2)22(16)27-23(28)19-12-20(15-25-14-19)26-21-11-6-5-8-18(21)13-24/h5-12,14-15,26H,3-4H2,1-2H3,(H,27,28). The highest BCUT2D eigenvalue weighted by atomic mass is 16.1. The molecule has 0 aliphatic carbocycles. The number of nitrogens with zero attached hydrogens (tertiary/aromatic N) is 2. The van der Waals surface area contributed by atoms with Crippen LogP contribution in [0.2, 0.25) is 0 Å². The Kier molecular flexibility index (Phi) is 6.03. The molecular weight excluding hydrogens is 348 g/mol. The second kappa shape index (κ2) is 8.83. The summed E-state index contributed by atoms with van der Waals surface area (Å²) in [6, 6.07) is 17.2.